The molecule has 2 heterocycles. The molecule has 0 unspecified atom stereocenters. The number of aliphatic imine (C=N–C) groups is 1. The predicted octanol–water partition coefficient (Wildman–Crippen LogP) is 2.17. The molecule has 6 heteroatoms. The normalized spacial score (nSPS) is 13.2. The minimum atomic E-state index is 0.410. The summed E-state index contributed by atoms with van der Waals surface area (Å²) in [6, 6.07) is 5.53. The van der Waals surface area contributed by atoms with E-state index in [0.29, 0.717) is 22.4 Å². The van der Waals surface area contributed by atoms with Crippen molar-refractivity contribution in [2.24, 2.45) is 17.8 Å². The quantitative estimate of drug-likeness (QED) is 0.750. The average Bonchev–Trinajstić information content (AvgIpc) is 2.58. The smallest absolute Gasteiger partial charge is 0.163 e. The van der Waals surface area contributed by atoms with E-state index in [2.05, 4.69) is 15.4 Å². The first-order chi connectivity index (χ1) is 8.15. The monoisotopic (exact) mass is 247 g/mol. The van der Waals surface area contributed by atoms with E-state index >= 15 is 0 Å². The largest absolute Gasteiger partial charge is 0.383 e. The molecule has 0 radical (unpaired) electrons. The van der Waals surface area contributed by atoms with E-state index in [-0.39, 0.29) is 0 Å². The molecule has 5 nitrogen and oxygen atoms in total. The molecule has 1 aliphatic heterocycles. The molecule has 0 spiro atoms. The van der Waals surface area contributed by atoms with Crippen LogP contribution in [-0.2, 0) is 7.05 Å². The van der Waals surface area contributed by atoms with Crippen molar-refractivity contribution in [3.8, 4) is 0 Å². The molecular formula is C11H10ClN5. The lowest BCUT2D eigenvalue weighted by Gasteiger charge is -2.05. The molecule has 1 aliphatic rings. The zero-order chi connectivity index (χ0) is 12.0. The number of benzene rings is 1. The van der Waals surface area contributed by atoms with Gasteiger partial charge in [-0.05, 0) is 12.1 Å². The van der Waals surface area contributed by atoms with Gasteiger partial charge in [0.2, 0.25) is 0 Å². The minimum Gasteiger partial charge on any atom is -0.383 e. The zero-order valence-corrected chi connectivity index (χ0v) is 9.86. The Morgan fingerprint density at radius 1 is 1.41 bits per heavy atom. The lowest BCUT2D eigenvalue weighted by Crippen LogP contribution is -2.12. The number of nitrogens with two attached hydrogens (primary N) is 1. The van der Waals surface area contributed by atoms with Crippen LogP contribution in [0.3, 0.4) is 0 Å². The first-order valence-electron chi connectivity index (χ1n) is 5.09. The maximum absolute atomic E-state index is 6.09. The highest BCUT2D eigenvalue weighted by atomic mass is 35.5. The van der Waals surface area contributed by atoms with Crippen LogP contribution in [0.25, 0.3) is 0 Å². The summed E-state index contributed by atoms with van der Waals surface area (Å²) in [4.78, 5) is 4.34. The Bertz CT molecular complexity index is 629. The number of nitrogens with zero attached hydrogens (tertiary/aromatic N) is 3. The number of para-hydroxylation sites is 1. The lowest BCUT2D eigenvalue weighted by atomic mass is 10.2. The van der Waals surface area contributed by atoms with Gasteiger partial charge >= 0.3 is 0 Å². The van der Waals surface area contributed by atoms with Gasteiger partial charge in [0.25, 0.3) is 0 Å². The van der Waals surface area contributed by atoms with Crippen LogP contribution in [0, 0.1) is 0 Å². The Morgan fingerprint density at radius 2 is 2.24 bits per heavy atom. The molecule has 17 heavy (non-hydrogen) atoms. The fraction of sp³-hybridized carbons (Fsp3) is 0.0909. The van der Waals surface area contributed by atoms with Crippen molar-refractivity contribution >= 4 is 34.6 Å². The molecule has 0 atom stereocenters. The predicted molar refractivity (Wildman–Crippen MR) is 68.3 cm³/mol. The lowest BCUT2D eigenvalue weighted by molar-refractivity contribution is 0.771. The summed E-state index contributed by atoms with van der Waals surface area (Å²) in [7, 11) is 1.84. The summed E-state index contributed by atoms with van der Waals surface area (Å²) in [5.74, 6) is 1.10. The molecule has 0 bridgehead atoms. The van der Waals surface area contributed by atoms with Crippen molar-refractivity contribution in [1.29, 1.82) is 0 Å². The fourth-order valence-corrected chi connectivity index (χ4v) is 2.02. The number of aromatic nitrogens is 2. The number of anilines is 2. The number of halogens is 1. The van der Waals surface area contributed by atoms with Gasteiger partial charge in [-0.2, -0.15) is 5.10 Å². The Kier molecular flexibility index (Phi) is 2.09. The Hall–Kier alpha value is -2.01. The third kappa shape index (κ3) is 1.55. The average molecular weight is 248 g/mol. The van der Waals surface area contributed by atoms with E-state index in [9.17, 15) is 0 Å². The van der Waals surface area contributed by atoms with E-state index in [1.807, 2.05) is 25.4 Å². The molecule has 0 fully saturated rings. The van der Waals surface area contributed by atoms with Crippen molar-refractivity contribution in [1.82, 2.24) is 9.78 Å². The second kappa shape index (κ2) is 3.49. The van der Waals surface area contributed by atoms with Crippen LogP contribution in [-0.4, -0.2) is 15.6 Å². The minimum absolute atomic E-state index is 0.410. The summed E-state index contributed by atoms with van der Waals surface area (Å²) in [6.07, 6.45) is 1.82. The second-order valence-electron chi connectivity index (χ2n) is 3.82. The number of hydrogen-bond donors (Lipinski definition) is 2. The van der Waals surface area contributed by atoms with Crippen molar-refractivity contribution in [2.75, 3.05) is 5.32 Å². The van der Waals surface area contributed by atoms with Crippen LogP contribution < -0.4 is 11.1 Å². The maximum Gasteiger partial charge on any atom is 0.163 e. The number of aryl methyl sites for hydroxylation is 1. The Morgan fingerprint density at radius 3 is 3.06 bits per heavy atom. The molecule has 86 valence electrons. The molecule has 0 amide bonds. The fourth-order valence-electron chi connectivity index (χ4n) is 1.81. The topological polar surface area (TPSA) is 68.2 Å². The van der Waals surface area contributed by atoms with Crippen molar-refractivity contribution in [3.63, 3.8) is 0 Å². The maximum atomic E-state index is 6.09. The molecule has 1 aromatic carbocycles. The number of rotatable bonds is 0. The first kappa shape index (κ1) is 10.2. The van der Waals surface area contributed by atoms with E-state index < -0.39 is 0 Å². The van der Waals surface area contributed by atoms with Crippen molar-refractivity contribution in [3.05, 3.63) is 35.0 Å². The molecule has 0 saturated heterocycles. The number of hydrogen-bond acceptors (Lipinski definition) is 4. The van der Waals surface area contributed by atoms with E-state index in [4.69, 9.17) is 17.3 Å². The molecule has 3 N–H and O–H groups in total. The standard InChI is InChI=1S/C11H10ClN5/c1-17-5-6-10(13)15-9-7(12)3-2-4-8(9)14-11(6)16-17/h2-5H,1H3,(H2,13,15)(H,14,16). The molecule has 0 aliphatic carbocycles. The van der Waals surface area contributed by atoms with Crippen LogP contribution in [0.4, 0.5) is 17.2 Å². The van der Waals surface area contributed by atoms with Gasteiger partial charge in [-0.25, -0.2) is 4.99 Å². The van der Waals surface area contributed by atoms with Crippen LogP contribution in [0.2, 0.25) is 5.02 Å². The summed E-state index contributed by atoms with van der Waals surface area (Å²) in [5, 5.41) is 8.04. The highest BCUT2D eigenvalue weighted by Crippen LogP contribution is 2.37. The van der Waals surface area contributed by atoms with Gasteiger partial charge in [-0.1, -0.05) is 17.7 Å². The van der Waals surface area contributed by atoms with Crippen LogP contribution >= 0.6 is 11.6 Å². The summed E-state index contributed by atoms with van der Waals surface area (Å²) >= 11 is 6.09. The van der Waals surface area contributed by atoms with Gasteiger partial charge in [-0.15, -0.1) is 0 Å². The van der Waals surface area contributed by atoms with Gasteiger partial charge in [-0.3, -0.25) is 4.68 Å². The van der Waals surface area contributed by atoms with Gasteiger partial charge in [0.1, 0.15) is 11.5 Å². The van der Waals surface area contributed by atoms with Gasteiger partial charge < -0.3 is 11.1 Å². The summed E-state index contributed by atoms with van der Waals surface area (Å²) in [5.41, 5.74) is 8.17. The summed E-state index contributed by atoms with van der Waals surface area (Å²) < 4.78 is 1.69. The van der Waals surface area contributed by atoms with Gasteiger partial charge in [0.15, 0.2) is 5.82 Å². The Balaban J connectivity index is 2.26. The third-order valence-corrected chi connectivity index (χ3v) is 2.88. The van der Waals surface area contributed by atoms with Crippen LogP contribution in [0.5, 0.6) is 0 Å². The molecule has 3 rings (SSSR count). The highest BCUT2D eigenvalue weighted by molar-refractivity contribution is 6.34. The molecule has 1 aromatic heterocycles. The van der Waals surface area contributed by atoms with Gasteiger partial charge in [0, 0.05) is 13.2 Å². The van der Waals surface area contributed by atoms with Crippen molar-refractivity contribution < 1.29 is 0 Å². The zero-order valence-electron chi connectivity index (χ0n) is 9.11. The molecule has 2 aromatic rings. The van der Waals surface area contributed by atoms with E-state index in [0.717, 1.165) is 11.3 Å². The molecular weight excluding hydrogens is 238 g/mol. The van der Waals surface area contributed by atoms with Crippen LogP contribution in [0.1, 0.15) is 5.56 Å². The van der Waals surface area contributed by atoms with E-state index in [1.165, 1.54) is 0 Å². The van der Waals surface area contributed by atoms with Crippen molar-refractivity contribution in [2.45, 2.75) is 0 Å². The highest BCUT2D eigenvalue weighted by Gasteiger charge is 2.18. The number of fused-ring (bicyclic) bond motifs is 2. The first-order valence-corrected chi connectivity index (χ1v) is 5.46. The summed E-state index contributed by atoms with van der Waals surface area (Å²) in [6.45, 7) is 0. The van der Waals surface area contributed by atoms with E-state index in [1.54, 1.807) is 10.7 Å². The molecule has 0 saturated carbocycles. The Labute approximate surface area is 103 Å². The number of amidine groups is 1. The second-order valence-corrected chi connectivity index (χ2v) is 4.23. The third-order valence-electron chi connectivity index (χ3n) is 2.58. The van der Waals surface area contributed by atoms with Gasteiger partial charge in [0.05, 0.1) is 16.3 Å². The van der Waals surface area contributed by atoms with Crippen LogP contribution in [0.15, 0.2) is 29.4 Å². The number of nitrogens with one attached hydrogen (secondary N) is 1. The SMILES string of the molecule is Cn1cc2c(n1)Nc1cccc(Cl)c1N=C2N.